The third-order valence-corrected chi connectivity index (χ3v) is 12.1. The van der Waals surface area contributed by atoms with Gasteiger partial charge < -0.3 is 16.0 Å². The molecule has 1 amide bonds. The van der Waals surface area contributed by atoms with Crippen LogP contribution in [0.5, 0.6) is 0 Å². The number of pyridine rings is 6. The molecule has 0 saturated heterocycles. The lowest BCUT2D eigenvalue weighted by atomic mass is 10.1. The molecule has 25 heteroatoms. The zero-order valence-electron chi connectivity index (χ0n) is 43.2. The number of ketones is 1. The van der Waals surface area contributed by atoms with Gasteiger partial charge in [0.05, 0.1) is 63.4 Å². The highest BCUT2D eigenvalue weighted by Gasteiger charge is 2.11. The molecule has 0 unspecified atom stereocenters. The normalized spacial score (nSPS) is 10.5. The number of amides is 1. The van der Waals surface area contributed by atoms with Crippen molar-refractivity contribution in [1.82, 2.24) is 80.2 Å². The van der Waals surface area contributed by atoms with Crippen LogP contribution in [0.1, 0.15) is 57.9 Å². The third-order valence-electron chi connectivity index (χ3n) is 10.9. The van der Waals surface area contributed by atoms with Crippen molar-refractivity contribution in [1.29, 1.82) is 0 Å². The van der Waals surface area contributed by atoms with E-state index in [2.05, 4.69) is 101 Å². The molecule has 0 spiro atoms. The number of fused-ring (bicyclic) bond motifs is 3. The van der Waals surface area contributed by atoms with Gasteiger partial charge in [-0.25, -0.2) is 20.8 Å². The number of aryl methyl sites for hydroxylation is 4. The average molecular weight is 1090 g/mol. The van der Waals surface area contributed by atoms with Gasteiger partial charge in [-0.1, -0.05) is 32.1 Å². The summed E-state index contributed by atoms with van der Waals surface area (Å²) in [6, 6.07) is 17.1. The van der Waals surface area contributed by atoms with Crippen LogP contribution in [0.4, 0.5) is 22.6 Å². The Hall–Kier alpha value is -8.74. The van der Waals surface area contributed by atoms with Gasteiger partial charge >= 0.3 is 0 Å². The molecule has 10 aromatic rings. The largest absolute Gasteiger partial charge is 0.355 e. The van der Waals surface area contributed by atoms with Crippen LogP contribution in [0.15, 0.2) is 115 Å². The Balaban J connectivity index is 0.000000159. The minimum absolute atomic E-state index is 0.0949. The molecular formula is C52H56N20O2S3. The molecule has 0 saturated carbocycles. The molecule has 0 radical (unpaired) electrons. The smallest absolute Gasteiger partial charge is 0.233 e. The first-order chi connectivity index (χ1) is 37.3. The summed E-state index contributed by atoms with van der Waals surface area (Å²) in [5.74, 6) is 6.66. The number of hydrogen-bond acceptors (Lipinski definition) is 19. The van der Waals surface area contributed by atoms with Crippen molar-refractivity contribution in [3.63, 3.8) is 0 Å². The van der Waals surface area contributed by atoms with E-state index in [4.69, 9.17) is 18.1 Å². The molecule has 394 valence electrons. The lowest BCUT2D eigenvalue weighted by Gasteiger charge is -2.10. The van der Waals surface area contributed by atoms with E-state index >= 15 is 0 Å². The van der Waals surface area contributed by atoms with E-state index in [0.717, 1.165) is 108 Å². The summed E-state index contributed by atoms with van der Waals surface area (Å²) in [6.07, 6.45) is 21.4. The number of anilines is 3. The minimum atomic E-state index is -0.0949. The number of isothiocyanates is 1. The number of nitrogens with zero attached hydrogens (tertiary/aromatic N) is 15. The average Bonchev–Trinajstić information content (AvgIpc) is 4.29. The molecule has 0 aliphatic rings. The Kier molecular flexibility index (Phi) is 20.1. The maximum absolute atomic E-state index is 11.6. The van der Waals surface area contributed by atoms with Crippen molar-refractivity contribution in [2.75, 3.05) is 17.2 Å². The third kappa shape index (κ3) is 16.4. The molecule has 0 aromatic carbocycles. The van der Waals surface area contributed by atoms with E-state index in [1.807, 2.05) is 120 Å². The number of aromatic nitrogens is 14. The summed E-state index contributed by atoms with van der Waals surface area (Å²) in [5, 5.41) is 34.5. The van der Waals surface area contributed by atoms with Gasteiger partial charge in [0.2, 0.25) is 11.0 Å². The number of rotatable bonds is 15. The minimum Gasteiger partial charge on any atom is -0.355 e. The van der Waals surface area contributed by atoms with E-state index in [0.29, 0.717) is 29.6 Å². The molecule has 10 rings (SSSR count). The first-order valence-electron chi connectivity index (χ1n) is 24.3. The van der Waals surface area contributed by atoms with Gasteiger partial charge in [-0.3, -0.25) is 44.0 Å². The topological polar surface area (TPSA) is 277 Å². The maximum atomic E-state index is 11.6. The van der Waals surface area contributed by atoms with Crippen LogP contribution in [0.2, 0.25) is 0 Å². The number of nitrogens with two attached hydrogens (primary N) is 1. The Morgan fingerprint density at radius 3 is 1.61 bits per heavy atom. The number of carbonyl (C=O) groups is 2. The molecule has 0 fully saturated rings. The molecule has 22 nitrogen and oxygen atoms in total. The second kappa shape index (κ2) is 27.7. The molecule has 0 aliphatic carbocycles. The van der Waals surface area contributed by atoms with Crippen LogP contribution in [0.25, 0.3) is 66.5 Å². The zero-order chi connectivity index (χ0) is 54.7. The second-order valence-corrected chi connectivity index (χ2v) is 18.7. The van der Waals surface area contributed by atoms with Gasteiger partial charge in [0, 0.05) is 111 Å². The summed E-state index contributed by atoms with van der Waals surface area (Å²) in [6.45, 7) is 6.25. The van der Waals surface area contributed by atoms with Crippen molar-refractivity contribution in [3.8, 4) is 33.4 Å². The van der Waals surface area contributed by atoms with Crippen molar-refractivity contribution in [3.05, 3.63) is 115 Å². The van der Waals surface area contributed by atoms with E-state index in [1.165, 1.54) is 0 Å². The molecule has 77 heavy (non-hydrogen) atoms. The molecule has 10 heterocycles. The SMILES string of the molecule is CCCC(=O)CNC(=S)Nc1ccc2ncc(-c3cnn(C)c3)cc2n1.CCCC(=O)NN.CCCc1nnc(Nc2ccc3ncc(-c4cnn(C)c4)cc3n2)s1.Cn1cc(-c2cnc3ccc(N=C=S)nc3c2)cn1. The Bertz CT molecular complexity index is 3680. The van der Waals surface area contributed by atoms with Gasteiger partial charge in [-0.2, -0.15) is 20.3 Å². The molecule has 0 bridgehead atoms. The maximum Gasteiger partial charge on any atom is 0.233 e. The lowest BCUT2D eigenvalue weighted by molar-refractivity contribution is -0.121. The van der Waals surface area contributed by atoms with E-state index < -0.39 is 0 Å². The van der Waals surface area contributed by atoms with Crippen molar-refractivity contribution in [2.24, 2.45) is 32.0 Å². The summed E-state index contributed by atoms with van der Waals surface area (Å²) < 4.78 is 5.27. The van der Waals surface area contributed by atoms with Gasteiger partial charge in [0.25, 0.3) is 0 Å². The van der Waals surface area contributed by atoms with Crippen molar-refractivity contribution < 1.29 is 9.59 Å². The number of aliphatic imine (C=N–C) groups is 1. The molecule has 0 atom stereocenters. The zero-order valence-corrected chi connectivity index (χ0v) is 45.6. The number of hydrazine groups is 1. The molecule has 10 aromatic heterocycles. The molecular weight excluding hydrogens is 1030 g/mol. The quantitative estimate of drug-likeness (QED) is 0.0211. The standard InChI is InChI=1S/C18H20N6OS.C17H17N7S.C13H9N5S.C4H10N2O/c1-3-4-14(25)10-20-18(26)23-17-6-5-15-16(22-17)7-12(8-19-15)13-9-21-24(2)11-13;1-3-4-16-22-23-17(25-16)21-15-6-5-13-14(20-15)7-11(8-18-13)12-9-19-24(2)10-12;1-18-7-10(6-16-18)9-4-12-11(14-5-9)2-3-13(17-12)15-8-19;1-2-3-4(7)6-5/h5-9,11H,3-4,10H2,1-2H3,(H2,20,22,23,26);5-10H,3-4H2,1-2H3,(H,20,21,23);2-7H,1H3;2-3,5H2,1H3,(H,6,7). The highest BCUT2D eigenvalue weighted by molar-refractivity contribution is 7.80. The Labute approximate surface area is 458 Å². The number of thiocarbonyl (C=S) groups is 2. The fourth-order valence-corrected chi connectivity index (χ4v) is 8.29. The van der Waals surface area contributed by atoms with Crippen LogP contribution >= 0.6 is 35.8 Å². The summed E-state index contributed by atoms with van der Waals surface area (Å²) >= 11 is 11.4. The van der Waals surface area contributed by atoms with Gasteiger partial charge in [-0.15, -0.1) is 10.2 Å². The van der Waals surface area contributed by atoms with Gasteiger partial charge in [0.15, 0.2) is 16.7 Å². The number of Topliss-reactive ketones (excluding diaryl/α,β-unsaturated/α-hetero) is 1. The van der Waals surface area contributed by atoms with Crippen LogP contribution in [-0.4, -0.2) is 98.0 Å². The predicted molar refractivity (Wildman–Crippen MR) is 308 cm³/mol. The highest BCUT2D eigenvalue weighted by atomic mass is 32.1. The predicted octanol–water partition coefficient (Wildman–Crippen LogP) is 8.80. The van der Waals surface area contributed by atoms with E-state index in [1.54, 1.807) is 56.1 Å². The summed E-state index contributed by atoms with van der Waals surface area (Å²) in [4.78, 5) is 52.5. The van der Waals surface area contributed by atoms with Crippen LogP contribution in [0.3, 0.4) is 0 Å². The van der Waals surface area contributed by atoms with Gasteiger partial charge in [-0.05, 0) is 98.3 Å². The lowest BCUT2D eigenvalue weighted by Crippen LogP contribution is -2.33. The summed E-state index contributed by atoms with van der Waals surface area (Å²) in [5.41, 5.74) is 12.7. The number of nitrogens with one attached hydrogen (secondary N) is 4. The van der Waals surface area contributed by atoms with Gasteiger partial charge in [0.1, 0.15) is 16.6 Å². The monoisotopic (exact) mass is 1090 g/mol. The van der Waals surface area contributed by atoms with E-state index in [-0.39, 0.29) is 18.2 Å². The first kappa shape index (κ1) is 56.0. The van der Waals surface area contributed by atoms with Crippen LogP contribution in [-0.2, 0) is 37.2 Å². The molecule has 6 N–H and O–H groups in total. The Morgan fingerprint density at radius 2 is 1.14 bits per heavy atom. The van der Waals surface area contributed by atoms with Crippen LogP contribution in [0, 0.1) is 0 Å². The van der Waals surface area contributed by atoms with Crippen molar-refractivity contribution in [2.45, 2.75) is 59.3 Å². The van der Waals surface area contributed by atoms with E-state index in [9.17, 15) is 9.59 Å². The molecule has 0 aliphatic heterocycles. The Morgan fingerprint density at radius 1 is 0.636 bits per heavy atom. The fraction of sp³-hybridized carbons (Fsp3) is 0.250. The highest BCUT2D eigenvalue weighted by Crippen LogP contribution is 2.27. The number of hydrogen-bond donors (Lipinski definition) is 5. The summed E-state index contributed by atoms with van der Waals surface area (Å²) in [7, 11) is 5.65. The van der Waals surface area contributed by atoms with Crippen LogP contribution < -0.4 is 27.2 Å². The number of carbonyl (C=O) groups excluding carboxylic acids is 2. The first-order valence-corrected chi connectivity index (χ1v) is 26.0. The van der Waals surface area contributed by atoms with Crippen molar-refractivity contribution >= 4 is 113 Å². The fourth-order valence-electron chi connectivity index (χ4n) is 7.18. The second-order valence-electron chi connectivity index (χ2n) is 17.1.